The first kappa shape index (κ1) is 21.5. The fourth-order valence-corrected chi connectivity index (χ4v) is 3.05. The molecule has 1 fully saturated rings. The van der Waals surface area contributed by atoms with Crippen LogP contribution >= 0.6 is 12.4 Å². The molecule has 1 aromatic rings. The Morgan fingerprint density at radius 3 is 2.56 bits per heavy atom. The maximum absolute atomic E-state index is 12.5. The van der Waals surface area contributed by atoms with Crippen LogP contribution in [0.25, 0.3) is 0 Å². The first-order valence-corrected chi connectivity index (χ1v) is 8.74. The molecular formula is C19H30ClN3O2. The largest absolute Gasteiger partial charge is 0.354 e. The summed E-state index contributed by atoms with van der Waals surface area (Å²) in [5.41, 5.74) is 9.00. The lowest BCUT2D eigenvalue weighted by Crippen LogP contribution is -2.50. The molecule has 0 spiro atoms. The van der Waals surface area contributed by atoms with Crippen LogP contribution in [-0.2, 0) is 9.59 Å². The summed E-state index contributed by atoms with van der Waals surface area (Å²) in [6.45, 7) is 8.97. The van der Waals surface area contributed by atoms with E-state index in [4.69, 9.17) is 5.73 Å². The Balaban J connectivity index is 0.00000312. The predicted molar refractivity (Wildman–Crippen MR) is 104 cm³/mol. The molecule has 2 amide bonds. The summed E-state index contributed by atoms with van der Waals surface area (Å²) in [7, 11) is 0. The van der Waals surface area contributed by atoms with Crippen molar-refractivity contribution in [3.05, 3.63) is 29.3 Å². The van der Waals surface area contributed by atoms with E-state index in [-0.39, 0.29) is 42.1 Å². The first-order valence-electron chi connectivity index (χ1n) is 8.74. The first-order chi connectivity index (χ1) is 11.3. The normalized spacial score (nSPS) is 17.4. The van der Waals surface area contributed by atoms with Crippen molar-refractivity contribution in [2.45, 2.75) is 52.5 Å². The summed E-state index contributed by atoms with van der Waals surface area (Å²) in [5.74, 6) is -0.378. The SMILES string of the molecule is CCC(N)(CC)CNC(=O)C1CC(=O)N(c2cccc(C)c2C)C1.Cl. The summed E-state index contributed by atoms with van der Waals surface area (Å²) in [6.07, 6.45) is 1.87. The third-order valence-corrected chi connectivity index (χ3v) is 5.39. The van der Waals surface area contributed by atoms with Gasteiger partial charge in [0, 0.05) is 30.7 Å². The molecule has 1 saturated heterocycles. The molecule has 0 saturated carbocycles. The van der Waals surface area contributed by atoms with Crippen molar-refractivity contribution in [3.8, 4) is 0 Å². The molecule has 140 valence electrons. The van der Waals surface area contributed by atoms with Gasteiger partial charge in [0.05, 0.1) is 5.92 Å². The van der Waals surface area contributed by atoms with Gasteiger partial charge in [0.2, 0.25) is 11.8 Å². The zero-order chi connectivity index (χ0) is 17.9. The number of nitrogens with one attached hydrogen (secondary N) is 1. The third kappa shape index (κ3) is 4.73. The molecule has 1 aliphatic rings. The number of anilines is 1. The number of halogens is 1. The monoisotopic (exact) mass is 367 g/mol. The molecule has 0 aliphatic carbocycles. The van der Waals surface area contributed by atoms with Crippen molar-refractivity contribution < 1.29 is 9.59 Å². The summed E-state index contributed by atoms with van der Waals surface area (Å²) < 4.78 is 0. The van der Waals surface area contributed by atoms with Crippen LogP contribution in [0.5, 0.6) is 0 Å². The van der Waals surface area contributed by atoms with Crippen molar-refractivity contribution in [3.63, 3.8) is 0 Å². The Kier molecular flexibility index (Phi) is 7.44. The van der Waals surface area contributed by atoms with Gasteiger partial charge in [-0.05, 0) is 43.9 Å². The number of amides is 2. The third-order valence-electron chi connectivity index (χ3n) is 5.39. The number of hydrogen-bond acceptors (Lipinski definition) is 3. The van der Waals surface area contributed by atoms with Gasteiger partial charge >= 0.3 is 0 Å². The number of carbonyl (C=O) groups is 2. The molecule has 1 unspecified atom stereocenters. The molecule has 0 radical (unpaired) electrons. The lowest BCUT2D eigenvalue weighted by Gasteiger charge is -2.27. The maximum Gasteiger partial charge on any atom is 0.227 e. The van der Waals surface area contributed by atoms with E-state index in [0.29, 0.717) is 13.1 Å². The molecule has 0 bridgehead atoms. The molecule has 2 rings (SSSR count). The zero-order valence-corrected chi connectivity index (χ0v) is 16.4. The minimum Gasteiger partial charge on any atom is -0.354 e. The van der Waals surface area contributed by atoms with Crippen LogP contribution in [0, 0.1) is 19.8 Å². The van der Waals surface area contributed by atoms with Gasteiger partial charge in [-0.2, -0.15) is 0 Å². The lowest BCUT2D eigenvalue weighted by molar-refractivity contribution is -0.126. The number of nitrogens with zero attached hydrogens (tertiary/aromatic N) is 1. The van der Waals surface area contributed by atoms with E-state index in [1.807, 2.05) is 45.9 Å². The molecule has 1 heterocycles. The highest BCUT2D eigenvalue weighted by Gasteiger charge is 2.36. The van der Waals surface area contributed by atoms with Crippen LogP contribution in [0.3, 0.4) is 0 Å². The number of hydrogen-bond donors (Lipinski definition) is 2. The van der Waals surface area contributed by atoms with Gasteiger partial charge in [-0.3, -0.25) is 9.59 Å². The number of benzene rings is 1. The fraction of sp³-hybridized carbons (Fsp3) is 0.579. The van der Waals surface area contributed by atoms with Crippen molar-refractivity contribution in [1.82, 2.24) is 5.32 Å². The highest BCUT2D eigenvalue weighted by molar-refractivity contribution is 6.00. The summed E-state index contributed by atoms with van der Waals surface area (Å²) in [4.78, 5) is 26.6. The van der Waals surface area contributed by atoms with Crippen LogP contribution < -0.4 is 16.0 Å². The summed E-state index contributed by atoms with van der Waals surface area (Å²) in [6, 6.07) is 5.92. The Morgan fingerprint density at radius 1 is 1.32 bits per heavy atom. The summed E-state index contributed by atoms with van der Waals surface area (Å²) in [5, 5.41) is 2.94. The van der Waals surface area contributed by atoms with E-state index in [2.05, 4.69) is 5.32 Å². The van der Waals surface area contributed by atoms with E-state index < -0.39 is 0 Å². The Hall–Kier alpha value is -1.59. The van der Waals surface area contributed by atoms with Gasteiger partial charge < -0.3 is 16.0 Å². The van der Waals surface area contributed by atoms with Crippen LogP contribution in [0.1, 0.15) is 44.2 Å². The molecular weight excluding hydrogens is 338 g/mol. The smallest absolute Gasteiger partial charge is 0.227 e. The predicted octanol–water partition coefficient (Wildman–Crippen LogP) is 2.71. The van der Waals surface area contributed by atoms with Gasteiger partial charge in [0.25, 0.3) is 0 Å². The highest BCUT2D eigenvalue weighted by Crippen LogP contribution is 2.29. The molecule has 25 heavy (non-hydrogen) atoms. The summed E-state index contributed by atoms with van der Waals surface area (Å²) >= 11 is 0. The van der Waals surface area contributed by atoms with Crippen LogP contribution in [0.2, 0.25) is 0 Å². The molecule has 5 nitrogen and oxygen atoms in total. The van der Waals surface area contributed by atoms with E-state index in [1.54, 1.807) is 4.90 Å². The van der Waals surface area contributed by atoms with Crippen molar-refractivity contribution in [2.75, 3.05) is 18.0 Å². The Labute approximate surface area is 156 Å². The van der Waals surface area contributed by atoms with Crippen LogP contribution in [0.15, 0.2) is 18.2 Å². The maximum atomic E-state index is 12.5. The number of aryl methyl sites for hydroxylation is 1. The average molecular weight is 368 g/mol. The number of carbonyl (C=O) groups excluding carboxylic acids is 2. The van der Waals surface area contributed by atoms with Gasteiger partial charge in [-0.15, -0.1) is 12.4 Å². The average Bonchev–Trinajstić information content (AvgIpc) is 2.96. The molecule has 1 aliphatic heterocycles. The van der Waals surface area contributed by atoms with E-state index in [0.717, 1.165) is 29.7 Å². The van der Waals surface area contributed by atoms with E-state index in [9.17, 15) is 9.59 Å². The topological polar surface area (TPSA) is 75.4 Å². The quantitative estimate of drug-likeness (QED) is 0.811. The fourth-order valence-electron chi connectivity index (χ4n) is 3.05. The van der Waals surface area contributed by atoms with Gasteiger partial charge in [-0.25, -0.2) is 0 Å². The van der Waals surface area contributed by atoms with Crippen molar-refractivity contribution in [2.24, 2.45) is 11.7 Å². The van der Waals surface area contributed by atoms with Crippen LogP contribution in [0.4, 0.5) is 5.69 Å². The zero-order valence-electron chi connectivity index (χ0n) is 15.6. The minimum absolute atomic E-state index is 0. The van der Waals surface area contributed by atoms with Crippen molar-refractivity contribution >= 4 is 29.9 Å². The van der Waals surface area contributed by atoms with Crippen molar-refractivity contribution in [1.29, 1.82) is 0 Å². The molecule has 3 N–H and O–H groups in total. The number of rotatable bonds is 6. The molecule has 0 aromatic heterocycles. The Morgan fingerprint density at radius 2 is 1.96 bits per heavy atom. The van der Waals surface area contributed by atoms with E-state index >= 15 is 0 Å². The molecule has 6 heteroatoms. The second-order valence-electron chi connectivity index (χ2n) is 6.91. The van der Waals surface area contributed by atoms with E-state index in [1.165, 1.54) is 0 Å². The molecule has 1 atom stereocenters. The second-order valence-corrected chi connectivity index (χ2v) is 6.91. The van der Waals surface area contributed by atoms with Gasteiger partial charge in [-0.1, -0.05) is 26.0 Å². The van der Waals surface area contributed by atoms with Gasteiger partial charge in [0.1, 0.15) is 0 Å². The Bertz CT molecular complexity index is 629. The standard InChI is InChI=1S/C19H29N3O2.ClH/c1-5-19(20,6-2)12-21-18(24)15-10-17(23)22(11-15)16-9-7-8-13(3)14(16)4;/h7-9,15H,5-6,10-12,20H2,1-4H3,(H,21,24);1H. The second kappa shape index (κ2) is 8.68. The van der Waals surface area contributed by atoms with Gasteiger partial charge in [0.15, 0.2) is 0 Å². The molecule has 1 aromatic carbocycles. The minimum atomic E-state index is -0.370. The number of nitrogens with two attached hydrogens (primary N) is 1. The lowest BCUT2D eigenvalue weighted by atomic mass is 9.94. The van der Waals surface area contributed by atoms with Crippen LogP contribution in [-0.4, -0.2) is 30.4 Å². The highest BCUT2D eigenvalue weighted by atomic mass is 35.5.